The quantitative estimate of drug-likeness (QED) is 0.513. The average Bonchev–Trinajstić information content (AvgIpc) is 2.19. The van der Waals surface area contributed by atoms with E-state index in [2.05, 4.69) is 15.5 Å². The molecule has 0 aliphatic carbocycles. The van der Waals surface area contributed by atoms with Gasteiger partial charge in [-0.2, -0.15) is 0 Å². The molecule has 1 heterocycles. The number of tetrazole rings is 1. The highest BCUT2D eigenvalue weighted by atomic mass is 15.5. The monoisotopic (exact) mass is 113 g/mol. The van der Waals surface area contributed by atoms with Crippen molar-refractivity contribution in [2.24, 2.45) is 5.73 Å². The number of rotatable bonds is 2. The summed E-state index contributed by atoms with van der Waals surface area (Å²) in [6.07, 6.45) is 1.53. The lowest BCUT2D eigenvalue weighted by atomic mass is 10.7. The first-order chi connectivity index (χ1) is 3.93. The molecule has 0 spiro atoms. The molecular formula is C3H7N5. The van der Waals surface area contributed by atoms with Crippen molar-refractivity contribution in [3.63, 3.8) is 0 Å². The second-order valence-electron chi connectivity index (χ2n) is 1.36. The van der Waals surface area contributed by atoms with Crippen molar-refractivity contribution in [3.05, 3.63) is 6.33 Å². The first-order valence-corrected chi connectivity index (χ1v) is 2.34. The van der Waals surface area contributed by atoms with Crippen LogP contribution in [0, 0.1) is 0 Å². The summed E-state index contributed by atoms with van der Waals surface area (Å²) in [7, 11) is 0. The second-order valence-corrected chi connectivity index (χ2v) is 1.36. The van der Waals surface area contributed by atoms with E-state index in [-0.39, 0.29) is 0 Å². The fourth-order valence-corrected chi connectivity index (χ4v) is 0.415. The van der Waals surface area contributed by atoms with E-state index in [4.69, 9.17) is 5.73 Å². The molecule has 8 heavy (non-hydrogen) atoms. The molecule has 0 saturated heterocycles. The normalized spacial score (nSPS) is 9.62. The van der Waals surface area contributed by atoms with E-state index in [1.165, 1.54) is 6.33 Å². The van der Waals surface area contributed by atoms with Crippen LogP contribution in [-0.4, -0.2) is 26.8 Å². The summed E-state index contributed by atoms with van der Waals surface area (Å²) in [5, 5.41) is 10.4. The summed E-state index contributed by atoms with van der Waals surface area (Å²) >= 11 is 0. The molecule has 5 nitrogen and oxygen atoms in total. The first-order valence-electron chi connectivity index (χ1n) is 2.34. The number of hydrogen-bond acceptors (Lipinski definition) is 4. The molecule has 0 radical (unpaired) electrons. The highest BCUT2D eigenvalue weighted by Crippen LogP contribution is 1.70. The first kappa shape index (κ1) is 5.17. The smallest absolute Gasteiger partial charge is 0.138 e. The predicted molar refractivity (Wildman–Crippen MR) is 26.9 cm³/mol. The standard InChI is InChI=1S/C3H7N5/c4-1-2-8-3-5-6-7-8/h3H,1-2,4H2. The Morgan fingerprint density at radius 3 is 3.00 bits per heavy atom. The summed E-state index contributed by atoms with van der Waals surface area (Å²) in [4.78, 5) is 0. The molecule has 0 aliphatic heterocycles. The zero-order chi connectivity index (χ0) is 5.82. The lowest BCUT2D eigenvalue weighted by Gasteiger charge is -1.89. The molecule has 0 amide bonds. The van der Waals surface area contributed by atoms with Gasteiger partial charge in [-0.15, -0.1) is 5.10 Å². The number of nitrogens with zero attached hydrogens (tertiary/aromatic N) is 4. The minimum atomic E-state index is 0.574. The summed E-state index contributed by atoms with van der Waals surface area (Å²) < 4.78 is 1.58. The van der Waals surface area contributed by atoms with Crippen LogP contribution in [0.4, 0.5) is 0 Å². The molecule has 2 N–H and O–H groups in total. The Bertz CT molecular complexity index is 133. The molecule has 0 unspecified atom stereocenters. The molecule has 1 rings (SSSR count). The maximum atomic E-state index is 5.20. The van der Waals surface area contributed by atoms with Crippen molar-refractivity contribution in [1.29, 1.82) is 0 Å². The van der Waals surface area contributed by atoms with Crippen molar-refractivity contribution >= 4 is 0 Å². The zero-order valence-electron chi connectivity index (χ0n) is 4.36. The SMILES string of the molecule is NCCn1cnnn1. The molecule has 1 aromatic rings. The Kier molecular flexibility index (Phi) is 1.53. The van der Waals surface area contributed by atoms with E-state index in [9.17, 15) is 0 Å². The van der Waals surface area contributed by atoms with Gasteiger partial charge in [0.1, 0.15) is 6.33 Å². The van der Waals surface area contributed by atoms with Crippen molar-refractivity contribution in [2.45, 2.75) is 6.54 Å². The Balaban J connectivity index is 2.50. The Morgan fingerprint density at radius 1 is 1.62 bits per heavy atom. The predicted octanol–water partition coefficient (Wildman–Crippen LogP) is -1.37. The lowest BCUT2D eigenvalue weighted by molar-refractivity contribution is 0.598. The maximum Gasteiger partial charge on any atom is 0.138 e. The van der Waals surface area contributed by atoms with Crippen LogP contribution < -0.4 is 5.73 Å². The summed E-state index contributed by atoms with van der Waals surface area (Å²) in [5.74, 6) is 0. The second kappa shape index (κ2) is 2.37. The number of aromatic nitrogens is 4. The van der Waals surface area contributed by atoms with Gasteiger partial charge in [0.2, 0.25) is 0 Å². The van der Waals surface area contributed by atoms with Crippen LogP contribution in [-0.2, 0) is 6.54 Å². The molecule has 0 aromatic carbocycles. The van der Waals surface area contributed by atoms with Gasteiger partial charge in [-0.25, -0.2) is 4.68 Å². The van der Waals surface area contributed by atoms with Crippen LogP contribution in [0.1, 0.15) is 0 Å². The fraction of sp³-hybridized carbons (Fsp3) is 0.667. The summed E-state index contributed by atoms with van der Waals surface area (Å²) in [6, 6.07) is 0. The van der Waals surface area contributed by atoms with Gasteiger partial charge in [0.15, 0.2) is 0 Å². The third-order valence-electron chi connectivity index (χ3n) is 0.750. The van der Waals surface area contributed by atoms with Gasteiger partial charge < -0.3 is 5.73 Å². The third-order valence-corrected chi connectivity index (χ3v) is 0.750. The van der Waals surface area contributed by atoms with E-state index >= 15 is 0 Å². The van der Waals surface area contributed by atoms with Crippen LogP contribution in [0.15, 0.2) is 6.33 Å². The molecule has 5 heteroatoms. The van der Waals surface area contributed by atoms with Crippen LogP contribution in [0.3, 0.4) is 0 Å². The number of hydrogen-bond donors (Lipinski definition) is 1. The van der Waals surface area contributed by atoms with E-state index in [0.29, 0.717) is 13.1 Å². The Labute approximate surface area is 46.5 Å². The van der Waals surface area contributed by atoms with Crippen molar-refractivity contribution in [1.82, 2.24) is 20.2 Å². The van der Waals surface area contributed by atoms with E-state index < -0.39 is 0 Å². The molecule has 0 fully saturated rings. The van der Waals surface area contributed by atoms with Crippen LogP contribution in [0.2, 0.25) is 0 Å². The summed E-state index contributed by atoms with van der Waals surface area (Å²) in [6.45, 7) is 1.26. The van der Waals surface area contributed by atoms with Crippen LogP contribution in [0.25, 0.3) is 0 Å². The zero-order valence-corrected chi connectivity index (χ0v) is 4.36. The van der Waals surface area contributed by atoms with Crippen molar-refractivity contribution in [2.75, 3.05) is 6.54 Å². The van der Waals surface area contributed by atoms with E-state index in [1.807, 2.05) is 0 Å². The highest BCUT2D eigenvalue weighted by molar-refractivity contribution is 4.45. The highest BCUT2D eigenvalue weighted by Gasteiger charge is 1.85. The van der Waals surface area contributed by atoms with E-state index in [1.54, 1.807) is 4.68 Å². The molecule has 1 aromatic heterocycles. The van der Waals surface area contributed by atoms with Crippen molar-refractivity contribution < 1.29 is 0 Å². The van der Waals surface area contributed by atoms with Gasteiger partial charge in [-0.1, -0.05) is 0 Å². The van der Waals surface area contributed by atoms with E-state index in [0.717, 1.165) is 0 Å². The fourth-order valence-electron chi connectivity index (χ4n) is 0.415. The summed E-state index contributed by atoms with van der Waals surface area (Å²) in [5.41, 5.74) is 5.20. The van der Waals surface area contributed by atoms with Gasteiger partial charge in [-0.05, 0) is 10.4 Å². The maximum absolute atomic E-state index is 5.20. The van der Waals surface area contributed by atoms with Gasteiger partial charge in [0.25, 0.3) is 0 Å². The minimum Gasteiger partial charge on any atom is -0.329 e. The Hall–Kier alpha value is -0.970. The molecule has 44 valence electrons. The van der Waals surface area contributed by atoms with Gasteiger partial charge in [0.05, 0.1) is 6.54 Å². The number of nitrogens with two attached hydrogens (primary N) is 1. The molecule has 0 saturated carbocycles. The van der Waals surface area contributed by atoms with Gasteiger partial charge in [-0.3, -0.25) is 0 Å². The largest absolute Gasteiger partial charge is 0.329 e. The van der Waals surface area contributed by atoms with Gasteiger partial charge in [0, 0.05) is 6.54 Å². The lowest BCUT2D eigenvalue weighted by Crippen LogP contribution is -2.10. The van der Waals surface area contributed by atoms with Crippen LogP contribution >= 0.6 is 0 Å². The Morgan fingerprint density at radius 2 is 2.50 bits per heavy atom. The average molecular weight is 113 g/mol. The molecule has 0 atom stereocenters. The topological polar surface area (TPSA) is 69.6 Å². The minimum absolute atomic E-state index is 0.574. The van der Waals surface area contributed by atoms with Gasteiger partial charge >= 0.3 is 0 Å². The molecule has 0 aliphatic rings. The van der Waals surface area contributed by atoms with Crippen molar-refractivity contribution in [3.8, 4) is 0 Å². The molecular weight excluding hydrogens is 106 g/mol. The third kappa shape index (κ3) is 1.00. The van der Waals surface area contributed by atoms with Crippen LogP contribution in [0.5, 0.6) is 0 Å². The molecule has 0 bridgehead atoms.